The van der Waals surface area contributed by atoms with Gasteiger partial charge in [0.1, 0.15) is 12.0 Å². The van der Waals surface area contributed by atoms with E-state index in [9.17, 15) is 14.7 Å². The van der Waals surface area contributed by atoms with E-state index in [1.807, 2.05) is 0 Å². The first-order valence-corrected chi connectivity index (χ1v) is 7.59. The van der Waals surface area contributed by atoms with Crippen LogP contribution in [0.15, 0.2) is 6.33 Å². The van der Waals surface area contributed by atoms with Gasteiger partial charge >= 0.3 is 6.09 Å². The Hall–Kier alpha value is -1.85. The molecule has 0 aromatic carbocycles. The normalized spacial score (nSPS) is 36.9. The van der Waals surface area contributed by atoms with Crippen LogP contribution in [0, 0.1) is 17.8 Å². The Balaban J connectivity index is 1.83. The Bertz CT molecular complexity index is 599. The molecule has 4 aliphatic carbocycles. The molecule has 0 radical (unpaired) electrons. The Kier molecular flexibility index (Phi) is 2.50. The lowest BCUT2D eigenvalue weighted by atomic mass is 9.48. The minimum Gasteiger partial charge on any atom is -0.464 e. The Morgan fingerprint density at radius 2 is 1.71 bits per heavy atom. The third-order valence-corrected chi connectivity index (χ3v) is 5.75. The second-order valence-electron chi connectivity index (χ2n) is 7.16. The quantitative estimate of drug-likeness (QED) is 0.869. The van der Waals surface area contributed by atoms with Gasteiger partial charge in [-0.15, -0.1) is 0 Å². The van der Waals surface area contributed by atoms with Crippen LogP contribution in [0.5, 0.6) is 0 Å². The summed E-state index contributed by atoms with van der Waals surface area (Å²) in [5, 5.41) is 9.22. The number of aromatic nitrogens is 2. The molecular formula is C15H19N3O3. The Morgan fingerprint density at radius 1 is 1.19 bits per heavy atom. The fourth-order valence-electron chi connectivity index (χ4n) is 5.52. The molecule has 0 aliphatic heterocycles. The molecule has 112 valence electrons. The molecule has 0 atom stereocenters. The summed E-state index contributed by atoms with van der Waals surface area (Å²) < 4.78 is 0.885. The zero-order valence-corrected chi connectivity index (χ0v) is 11.8. The van der Waals surface area contributed by atoms with E-state index in [0.717, 1.165) is 23.8 Å². The van der Waals surface area contributed by atoms with Crippen LogP contribution in [0.25, 0.3) is 0 Å². The molecule has 1 amide bonds. The van der Waals surface area contributed by atoms with Crippen molar-refractivity contribution in [2.24, 2.45) is 23.5 Å². The molecule has 4 aliphatic rings. The molecule has 5 rings (SSSR count). The van der Waals surface area contributed by atoms with Crippen molar-refractivity contribution >= 4 is 12.0 Å². The fraction of sp³-hybridized carbons (Fsp3) is 0.667. The minimum absolute atomic E-state index is 0.0736. The summed E-state index contributed by atoms with van der Waals surface area (Å²) in [5.41, 5.74) is 6.04. The molecule has 21 heavy (non-hydrogen) atoms. The van der Waals surface area contributed by atoms with Crippen LogP contribution < -0.4 is 5.73 Å². The number of nitrogens with zero attached hydrogens (tertiary/aromatic N) is 2. The van der Waals surface area contributed by atoms with Gasteiger partial charge in [-0.05, 0) is 56.3 Å². The molecule has 1 aromatic rings. The minimum atomic E-state index is -1.20. The number of primary amides is 1. The number of amides is 1. The monoisotopic (exact) mass is 289 g/mol. The smallest absolute Gasteiger partial charge is 0.417 e. The third kappa shape index (κ3) is 1.74. The van der Waals surface area contributed by atoms with Gasteiger partial charge in [-0.2, -0.15) is 0 Å². The first-order valence-electron chi connectivity index (χ1n) is 7.59. The van der Waals surface area contributed by atoms with E-state index in [4.69, 9.17) is 5.73 Å². The standard InChI is InChI=1S/C15H19N3O3/c16-13(19)11-12(17-7-18(11)14(20)21)15-4-8-1-9(5-15)3-10(2-8)6-15/h7-10H,1-6H2,(H2,16,19)(H,20,21). The van der Waals surface area contributed by atoms with Gasteiger partial charge in [-0.1, -0.05) is 0 Å². The molecule has 1 aromatic heterocycles. The number of hydrogen-bond donors (Lipinski definition) is 2. The number of hydrogen-bond acceptors (Lipinski definition) is 3. The van der Waals surface area contributed by atoms with Gasteiger partial charge in [-0.25, -0.2) is 14.3 Å². The third-order valence-electron chi connectivity index (χ3n) is 5.75. The maximum Gasteiger partial charge on any atom is 0.417 e. The Morgan fingerprint density at radius 3 is 2.14 bits per heavy atom. The zero-order valence-electron chi connectivity index (χ0n) is 11.8. The van der Waals surface area contributed by atoms with E-state index < -0.39 is 12.0 Å². The molecule has 6 heteroatoms. The summed E-state index contributed by atoms with van der Waals surface area (Å²) in [6.07, 6.45) is 6.95. The highest BCUT2D eigenvalue weighted by Crippen LogP contribution is 2.60. The summed E-state index contributed by atoms with van der Waals surface area (Å²) in [4.78, 5) is 27.4. The molecule has 0 saturated heterocycles. The molecule has 6 nitrogen and oxygen atoms in total. The Labute approximate surface area is 122 Å². The lowest BCUT2D eigenvalue weighted by molar-refractivity contribution is -0.00741. The van der Waals surface area contributed by atoms with E-state index in [0.29, 0.717) is 23.4 Å². The van der Waals surface area contributed by atoms with Crippen molar-refractivity contribution in [1.82, 2.24) is 9.55 Å². The van der Waals surface area contributed by atoms with Crippen LogP contribution in [-0.2, 0) is 5.41 Å². The average Bonchev–Trinajstić information content (AvgIpc) is 2.82. The van der Waals surface area contributed by atoms with Crippen molar-refractivity contribution in [1.29, 1.82) is 0 Å². The lowest BCUT2D eigenvalue weighted by Crippen LogP contribution is -2.49. The maximum atomic E-state index is 11.8. The number of imidazole rings is 1. The lowest BCUT2D eigenvalue weighted by Gasteiger charge is -2.56. The van der Waals surface area contributed by atoms with Crippen LogP contribution in [0.2, 0.25) is 0 Å². The van der Waals surface area contributed by atoms with Crippen molar-refractivity contribution in [3.63, 3.8) is 0 Å². The molecule has 4 fully saturated rings. The summed E-state index contributed by atoms with van der Waals surface area (Å²) >= 11 is 0. The van der Waals surface area contributed by atoms with Crippen LogP contribution in [0.3, 0.4) is 0 Å². The summed E-state index contributed by atoms with van der Waals surface area (Å²) in [7, 11) is 0. The first-order chi connectivity index (χ1) is 9.98. The van der Waals surface area contributed by atoms with E-state index >= 15 is 0 Å². The average molecular weight is 289 g/mol. The summed E-state index contributed by atoms with van der Waals surface area (Å²) in [6.45, 7) is 0. The first kappa shape index (κ1) is 12.9. The number of nitrogens with two attached hydrogens (primary N) is 1. The molecule has 4 bridgehead atoms. The van der Waals surface area contributed by atoms with E-state index in [1.54, 1.807) is 0 Å². The van der Waals surface area contributed by atoms with E-state index in [2.05, 4.69) is 4.98 Å². The molecule has 1 heterocycles. The van der Waals surface area contributed by atoms with Gasteiger partial charge in [0.25, 0.3) is 5.91 Å². The maximum absolute atomic E-state index is 11.8. The number of carbonyl (C=O) groups is 2. The van der Waals surface area contributed by atoms with Gasteiger partial charge in [-0.3, -0.25) is 4.79 Å². The molecule has 4 saturated carbocycles. The number of carbonyl (C=O) groups excluding carboxylic acids is 1. The second-order valence-corrected chi connectivity index (χ2v) is 7.16. The highest BCUT2D eigenvalue weighted by atomic mass is 16.4. The van der Waals surface area contributed by atoms with Crippen molar-refractivity contribution < 1.29 is 14.7 Å². The van der Waals surface area contributed by atoms with Crippen LogP contribution >= 0.6 is 0 Å². The number of carboxylic acid groups (broad SMARTS) is 1. The van der Waals surface area contributed by atoms with Crippen LogP contribution in [0.1, 0.15) is 54.7 Å². The van der Waals surface area contributed by atoms with E-state index in [1.165, 1.54) is 25.6 Å². The number of rotatable bonds is 2. The van der Waals surface area contributed by atoms with Crippen molar-refractivity contribution in [3.05, 3.63) is 17.7 Å². The highest BCUT2D eigenvalue weighted by molar-refractivity contribution is 5.95. The topological polar surface area (TPSA) is 98.2 Å². The zero-order chi connectivity index (χ0) is 14.8. The van der Waals surface area contributed by atoms with Crippen molar-refractivity contribution in [3.8, 4) is 0 Å². The summed E-state index contributed by atoms with van der Waals surface area (Å²) in [6, 6.07) is 0. The van der Waals surface area contributed by atoms with Gasteiger partial charge in [0.15, 0.2) is 0 Å². The molecule has 0 spiro atoms. The summed E-state index contributed by atoms with van der Waals surface area (Å²) in [5.74, 6) is 1.41. The van der Waals surface area contributed by atoms with Gasteiger partial charge in [0.05, 0.1) is 5.69 Å². The predicted octanol–water partition coefficient (Wildman–Crippen LogP) is 1.98. The molecule has 3 N–H and O–H groups in total. The van der Waals surface area contributed by atoms with Crippen molar-refractivity contribution in [2.75, 3.05) is 0 Å². The van der Waals surface area contributed by atoms with E-state index in [-0.39, 0.29) is 11.1 Å². The van der Waals surface area contributed by atoms with Crippen LogP contribution in [0.4, 0.5) is 4.79 Å². The van der Waals surface area contributed by atoms with Gasteiger partial charge < -0.3 is 10.8 Å². The van der Waals surface area contributed by atoms with Gasteiger partial charge in [0.2, 0.25) is 0 Å². The predicted molar refractivity (Wildman–Crippen MR) is 74.0 cm³/mol. The highest BCUT2D eigenvalue weighted by Gasteiger charge is 2.54. The SMILES string of the molecule is NC(=O)c1c(C23CC4CC(CC(C4)C2)C3)ncn1C(=O)O. The van der Waals surface area contributed by atoms with Gasteiger partial charge in [0, 0.05) is 5.41 Å². The second kappa shape index (κ2) is 4.08. The largest absolute Gasteiger partial charge is 0.464 e. The fourth-order valence-corrected chi connectivity index (χ4v) is 5.52. The molecular weight excluding hydrogens is 270 g/mol. The molecule has 0 unspecified atom stereocenters. The van der Waals surface area contributed by atoms with Crippen molar-refractivity contribution in [2.45, 2.75) is 43.9 Å². The van der Waals surface area contributed by atoms with Crippen LogP contribution in [-0.4, -0.2) is 26.7 Å².